The topological polar surface area (TPSA) is 116 Å². The Balaban J connectivity index is 1.71. The minimum Gasteiger partial charge on any atom is -0.493 e. The second kappa shape index (κ2) is 10.9. The molecule has 178 valence electrons. The third-order valence-electron chi connectivity index (χ3n) is 4.96. The lowest BCUT2D eigenvalue weighted by Gasteiger charge is -2.20. The lowest BCUT2D eigenvalue weighted by molar-refractivity contribution is -0.139. The Morgan fingerprint density at radius 3 is 2.85 bits per heavy atom. The van der Waals surface area contributed by atoms with Gasteiger partial charge in [-0.2, -0.15) is 4.98 Å². The molecule has 1 aliphatic rings. The van der Waals surface area contributed by atoms with Gasteiger partial charge in [0.2, 0.25) is 11.0 Å². The highest BCUT2D eigenvalue weighted by Crippen LogP contribution is 2.42. The van der Waals surface area contributed by atoms with E-state index in [1.807, 2.05) is 18.2 Å². The number of carbonyl (C=O) groups is 1. The third-order valence-corrected chi connectivity index (χ3v) is 6.38. The number of aliphatic carboxylic acids is 1. The minimum atomic E-state index is -1.07. The van der Waals surface area contributed by atoms with Gasteiger partial charge in [0.05, 0.1) is 7.11 Å². The van der Waals surface area contributed by atoms with Gasteiger partial charge in [0.1, 0.15) is 0 Å². The maximum Gasteiger partial charge on any atom is 0.341 e. The van der Waals surface area contributed by atoms with E-state index in [4.69, 9.17) is 19.3 Å². The number of carboxylic acid groups (broad SMARTS) is 1. The third kappa shape index (κ3) is 5.53. The maximum absolute atomic E-state index is 10.9. The summed E-state index contributed by atoms with van der Waals surface area (Å²) in [7, 11) is 1.49. The van der Waals surface area contributed by atoms with Crippen molar-refractivity contribution in [2.75, 3.05) is 24.8 Å². The van der Waals surface area contributed by atoms with Gasteiger partial charge in [-0.1, -0.05) is 41.0 Å². The molecule has 11 heteroatoms. The van der Waals surface area contributed by atoms with E-state index in [2.05, 4.69) is 43.4 Å². The van der Waals surface area contributed by atoms with Crippen molar-refractivity contribution in [2.24, 2.45) is 0 Å². The zero-order valence-corrected chi connectivity index (χ0v) is 21.0. The van der Waals surface area contributed by atoms with Crippen molar-refractivity contribution in [1.82, 2.24) is 15.2 Å². The molecule has 0 fully saturated rings. The van der Waals surface area contributed by atoms with Gasteiger partial charge in [-0.05, 0) is 42.8 Å². The first-order valence-corrected chi connectivity index (χ1v) is 12.4. The van der Waals surface area contributed by atoms with Crippen molar-refractivity contribution in [2.45, 2.75) is 31.1 Å². The van der Waals surface area contributed by atoms with E-state index >= 15 is 0 Å². The molecular formula is C23H23BrN4O5S. The highest BCUT2D eigenvalue weighted by atomic mass is 79.9. The molecule has 4 rings (SSSR count). The van der Waals surface area contributed by atoms with E-state index in [1.165, 1.54) is 7.11 Å². The molecule has 1 atom stereocenters. The van der Waals surface area contributed by atoms with Gasteiger partial charge in [-0.15, -0.1) is 10.2 Å². The van der Waals surface area contributed by atoms with Crippen LogP contribution in [0.1, 0.15) is 31.6 Å². The summed E-state index contributed by atoms with van der Waals surface area (Å²) in [5.74, 6) is 0.912. The highest BCUT2D eigenvalue weighted by Gasteiger charge is 2.27. The zero-order valence-electron chi connectivity index (χ0n) is 18.6. The Bertz CT molecular complexity index is 1200. The first-order chi connectivity index (χ1) is 16.5. The first-order valence-electron chi connectivity index (χ1n) is 10.6. The number of nitrogens with one attached hydrogen (secondary N) is 1. The molecule has 0 radical (unpaired) electrons. The number of aromatic nitrogens is 3. The number of ether oxygens (including phenoxy) is 3. The van der Waals surface area contributed by atoms with Crippen molar-refractivity contribution < 1.29 is 24.1 Å². The number of hydrogen-bond acceptors (Lipinski definition) is 9. The summed E-state index contributed by atoms with van der Waals surface area (Å²) in [4.78, 5) is 15.5. The molecule has 1 unspecified atom stereocenters. The molecule has 1 aromatic heterocycles. The van der Waals surface area contributed by atoms with Crippen LogP contribution in [0.5, 0.6) is 17.4 Å². The van der Waals surface area contributed by atoms with Crippen molar-refractivity contribution in [1.29, 1.82) is 0 Å². The summed E-state index contributed by atoms with van der Waals surface area (Å²) in [6.45, 7) is 1.67. The van der Waals surface area contributed by atoms with Crippen LogP contribution >= 0.6 is 27.7 Å². The summed E-state index contributed by atoms with van der Waals surface area (Å²) < 4.78 is 17.9. The molecule has 2 N–H and O–H groups in total. The zero-order chi connectivity index (χ0) is 24.1. The predicted molar refractivity (Wildman–Crippen MR) is 132 cm³/mol. The van der Waals surface area contributed by atoms with Gasteiger partial charge >= 0.3 is 5.97 Å². The second-order valence-corrected chi connectivity index (χ2v) is 9.35. The van der Waals surface area contributed by atoms with Crippen LogP contribution in [-0.4, -0.2) is 45.7 Å². The number of halogens is 1. The van der Waals surface area contributed by atoms with Crippen LogP contribution in [0.2, 0.25) is 0 Å². The summed E-state index contributed by atoms with van der Waals surface area (Å²) >= 11 is 5.07. The number of anilines is 1. The quantitative estimate of drug-likeness (QED) is 0.275. The van der Waals surface area contributed by atoms with Crippen LogP contribution in [0.25, 0.3) is 11.3 Å². The van der Waals surface area contributed by atoms with Gasteiger partial charge in [0.25, 0.3) is 0 Å². The SMILES string of the molecule is CCCCSc1nnc2c(n1)OC(c1ccc(OCC(=O)O)c(OC)c1)Nc1ccc(Br)cc1-2. The molecular weight excluding hydrogens is 524 g/mol. The smallest absolute Gasteiger partial charge is 0.341 e. The van der Waals surface area contributed by atoms with E-state index in [1.54, 1.807) is 30.0 Å². The lowest BCUT2D eigenvalue weighted by Crippen LogP contribution is -2.17. The van der Waals surface area contributed by atoms with Crippen molar-refractivity contribution >= 4 is 39.3 Å². The molecule has 0 spiro atoms. The second-order valence-electron chi connectivity index (χ2n) is 7.37. The molecule has 0 amide bonds. The normalized spacial score (nSPS) is 14.1. The Morgan fingerprint density at radius 1 is 1.24 bits per heavy atom. The number of thioether (sulfide) groups is 1. The highest BCUT2D eigenvalue weighted by molar-refractivity contribution is 9.10. The molecule has 3 aromatic rings. The van der Waals surface area contributed by atoms with Gasteiger partial charge in [-0.25, -0.2) is 4.79 Å². The average molecular weight is 547 g/mol. The molecule has 1 aliphatic heterocycles. The summed E-state index contributed by atoms with van der Waals surface area (Å²) in [5.41, 5.74) is 2.89. The molecule has 2 heterocycles. The van der Waals surface area contributed by atoms with Crippen molar-refractivity contribution in [3.8, 4) is 28.6 Å². The summed E-state index contributed by atoms with van der Waals surface area (Å²) in [6, 6.07) is 11.0. The fourth-order valence-electron chi connectivity index (χ4n) is 3.30. The minimum absolute atomic E-state index is 0.325. The number of benzene rings is 2. The number of rotatable bonds is 9. The number of hydrogen-bond donors (Lipinski definition) is 2. The molecule has 0 saturated carbocycles. The Hall–Kier alpha value is -3.05. The largest absolute Gasteiger partial charge is 0.493 e. The standard InChI is InChI=1S/C23H23BrN4O5S/c1-3-4-9-34-23-26-22-20(27-28-23)15-11-14(24)6-7-16(15)25-21(33-22)13-5-8-17(18(10-13)31-2)32-12-19(29)30/h5-8,10-11,21,25H,3-4,9,12H2,1-2H3,(H,29,30). The van der Waals surface area contributed by atoms with Crippen LogP contribution in [-0.2, 0) is 4.79 Å². The molecule has 2 aromatic carbocycles. The number of unbranched alkanes of at least 4 members (excludes halogenated alkanes) is 1. The van der Waals surface area contributed by atoms with Crippen LogP contribution in [0.15, 0.2) is 46.0 Å². The fraction of sp³-hybridized carbons (Fsp3) is 0.304. The van der Waals surface area contributed by atoms with E-state index in [0.29, 0.717) is 28.2 Å². The first kappa shape index (κ1) is 24.1. The maximum atomic E-state index is 10.9. The van der Waals surface area contributed by atoms with Crippen LogP contribution in [0.3, 0.4) is 0 Å². The van der Waals surface area contributed by atoms with Gasteiger partial charge in [-0.3, -0.25) is 0 Å². The molecule has 0 aliphatic carbocycles. The van der Waals surface area contributed by atoms with Gasteiger partial charge in [0, 0.05) is 27.0 Å². The fourth-order valence-corrected chi connectivity index (χ4v) is 4.52. The average Bonchev–Trinajstić information content (AvgIpc) is 2.99. The number of fused-ring (bicyclic) bond motifs is 3. The Morgan fingerprint density at radius 2 is 2.09 bits per heavy atom. The number of carboxylic acids is 1. The number of methoxy groups -OCH3 is 1. The Labute approximate surface area is 209 Å². The lowest BCUT2D eigenvalue weighted by atomic mass is 10.1. The summed E-state index contributed by atoms with van der Waals surface area (Å²) in [5, 5.41) is 21.6. The van der Waals surface area contributed by atoms with Gasteiger partial charge in [0.15, 0.2) is 30.0 Å². The van der Waals surface area contributed by atoms with Crippen molar-refractivity contribution in [3.05, 3.63) is 46.4 Å². The van der Waals surface area contributed by atoms with E-state index < -0.39 is 18.8 Å². The van der Waals surface area contributed by atoms with Crippen LogP contribution < -0.4 is 19.5 Å². The van der Waals surface area contributed by atoms with Crippen LogP contribution in [0.4, 0.5) is 5.69 Å². The van der Waals surface area contributed by atoms with Crippen LogP contribution in [0, 0.1) is 0 Å². The van der Waals surface area contributed by atoms with E-state index in [9.17, 15) is 4.79 Å². The molecule has 0 saturated heterocycles. The molecule has 34 heavy (non-hydrogen) atoms. The molecule has 9 nitrogen and oxygen atoms in total. The number of nitrogens with zero attached hydrogens (tertiary/aromatic N) is 3. The summed E-state index contributed by atoms with van der Waals surface area (Å²) in [6.07, 6.45) is 1.53. The monoisotopic (exact) mass is 546 g/mol. The Kier molecular flexibility index (Phi) is 7.73. The van der Waals surface area contributed by atoms with E-state index in [-0.39, 0.29) is 0 Å². The van der Waals surface area contributed by atoms with Crippen molar-refractivity contribution in [3.63, 3.8) is 0 Å². The predicted octanol–water partition coefficient (Wildman–Crippen LogP) is 5.17. The molecule has 0 bridgehead atoms. The van der Waals surface area contributed by atoms with E-state index in [0.717, 1.165) is 39.9 Å². The van der Waals surface area contributed by atoms with Gasteiger partial charge < -0.3 is 24.6 Å².